The number of benzene rings is 1. The van der Waals surface area contributed by atoms with Gasteiger partial charge in [0.05, 0.1) is 0 Å². The fourth-order valence-corrected chi connectivity index (χ4v) is 2.55. The Morgan fingerprint density at radius 2 is 1.78 bits per heavy atom. The molecular formula is C19H30N2O2. The van der Waals surface area contributed by atoms with E-state index in [1.807, 2.05) is 65.8 Å². The highest BCUT2D eigenvalue weighted by Crippen LogP contribution is 2.17. The Labute approximate surface area is 140 Å². The van der Waals surface area contributed by atoms with Crippen LogP contribution in [0.5, 0.6) is 0 Å². The molecule has 0 bridgehead atoms. The first kappa shape index (κ1) is 19.2. The Morgan fingerprint density at radius 1 is 1.17 bits per heavy atom. The molecule has 2 amide bonds. The van der Waals surface area contributed by atoms with Gasteiger partial charge in [-0.3, -0.25) is 9.59 Å². The van der Waals surface area contributed by atoms with Crippen LogP contribution in [-0.2, 0) is 16.1 Å². The van der Waals surface area contributed by atoms with Crippen molar-refractivity contribution in [2.75, 3.05) is 0 Å². The third kappa shape index (κ3) is 5.70. The highest BCUT2D eigenvalue weighted by molar-refractivity contribution is 5.88. The Morgan fingerprint density at radius 3 is 2.26 bits per heavy atom. The minimum Gasteiger partial charge on any atom is -0.350 e. The van der Waals surface area contributed by atoms with Gasteiger partial charge in [-0.2, -0.15) is 0 Å². The van der Waals surface area contributed by atoms with Gasteiger partial charge < -0.3 is 10.2 Å². The molecule has 0 saturated heterocycles. The predicted molar refractivity (Wildman–Crippen MR) is 94.0 cm³/mol. The van der Waals surface area contributed by atoms with Gasteiger partial charge in [-0.25, -0.2) is 0 Å². The molecule has 128 valence electrons. The lowest BCUT2D eigenvalue weighted by atomic mass is 10.0. The van der Waals surface area contributed by atoms with Crippen LogP contribution in [0.15, 0.2) is 24.3 Å². The second-order valence-corrected chi connectivity index (χ2v) is 6.96. The number of carbonyl (C=O) groups is 2. The molecule has 0 aromatic heterocycles. The lowest BCUT2D eigenvalue weighted by Crippen LogP contribution is -2.53. The van der Waals surface area contributed by atoms with E-state index in [-0.39, 0.29) is 17.4 Å². The van der Waals surface area contributed by atoms with E-state index < -0.39 is 6.04 Å². The zero-order chi connectivity index (χ0) is 17.6. The van der Waals surface area contributed by atoms with Crippen molar-refractivity contribution in [2.24, 2.45) is 0 Å². The van der Waals surface area contributed by atoms with Crippen molar-refractivity contribution in [2.45, 2.75) is 72.5 Å². The number of carbonyl (C=O) groups excluding carboxylic acids is 2. The van der Waals surface area contributed by atoms with Crippen LogP contribution in [0.2, 0.25) is 0 Å². The van der Waals surface area contributed by atoms with Gasteiger partial charge in [0, 0.05) is 18.5 Å². The molecule has 0 fully saturated rings. The van der Waals surface area contributed by atoms with E-state index >= 15 is 0 Å². The summed E-state index contributed by atoms with van der Waals surface area (Å²) in [5, 5.41) is 3.00. The molecule has 0 aliphatic carbocycles. The molecule has 1 aromatic carbocycles. The normalized spacial score (nSPS) is 12.6. The summed E-state index contributed by atoms with van der Waals surface area (Å²) in [7, 11) is 0. The monoisotopic (exact) mass is 318 g/mol. The molecule has 0 spiro atoms. The third-order valence-electron chi connectivity index (χ3n) is 3.79. The third-order valence-corrected chi connectivity index (χ3v) is 3.79. The molecule has 4 heteroatoms. The van der Waals surface area contributed by atoms with Crippen molar-refractivity contribution in [3.63, 3.8) is 0 Å². The second-order valence-electron chi connectivity index (χ2n) is 6.96. The highest BCUT2D eigenvalue weighted by Gasteiger charge is 2.29. The van der Waals surface area contributed by atoms with Crippen LogP contribution >= 0.6 is 0 Å². The Hall–Kier alpha value is -1.84. The van der Waals surface area contributed by atoms with E-state index in [1.54, 1.807) is 4.90 Å². The Kier molecular flexibility index (Phi) is 6.79. The number of aryl methyl sites for hydroxylation is 1. The number of rotatable bonds is 6. The average Bonchev–Trinajstić information content (AvgIpc) is 2.46. The number of hydrogen-bond acceptors (Lipinski definition) is 2. The van der Waals surface area contributed by atoms with Gasteiger partial charge in [-0.05, 0) is 45.2 Å². The topological polar surface area (TPSA) is 49.4 Å². The van der Waals surface area contributed by atoms with Crippen molar-refractivity contribution in [3.05, 3.63) is 35.4 Å². The molecule has 1 N–H and O–H groups in total. The fourth-order valence-electron chi connectivity index (χ4n) is 2.55. The van der Waals surface area contributed by atoms with Gasteiger partial charge in [-0.15, -0.1) is 0 Å². The summed E-state index contributed by atoms with van der Waals surface area (Å²) >= 11 is 0. The van der Waals surface area contributed by atoms with Gasteiger partial charge in [-0.1, -0.05) is 38.1 Å². The van der Waals surface area contributed by atoms with Crippen LogP contribution in [0.25, 0.3) is 0 Å². The molecule has 0 aliphatic heterocycles. The lowest BCUT2D eigenvalue weighted by molar-refractivity contribution is -0.141. The van der Waals surface area contributed by atoms with Crippen molar-refractivity contribution >= 4 is 11.8 Å². The first-order chi connectivity index (χ1) is 10.7. The summed E-state index contributed by atoms with van der Waals surface area (Å²) in [6, 6.07) is 7.54. The fraction of sp³-hybridized carbons (Fsp3) is 0.579. The maximum Gasteiger partial charge on any atom is 0.243 e. The van der Waals surface area contributed by atoms with Crippen molar-refractivity contribution < 1.29 is 9.59 Å². The van der Waals surface area contributed by atoms with Crippen LogP contribution in [0, 0.1) is 6.92 Å². The number of hydrogen-bond donors (Lipinski definition) is 1. The summed E-state index contributed by atoms with van der Waals surface area (Å²) in [5.41, 5.74) is 1.90. The Balaban J connectivity index is 3.06. The summed E-state index contributed by atoms with van der Waals surface area (Å²) in [5.74, 6) is -0.0838. The smallest absolute Gasteiger partial charge is 0.243 e. The van der Waals surface area contributed by atoms with E-state index in [0.29, 0.717) is 19.4 Å². The largest absolute Gasteiger partial charge is 0.350 e. The predicted octanol–water partition coefficient (Wildman–Crippen LogP) is 3.43. The first-order valence-corrected chi connectivity index (χ1v) is 8.35. The molecule has 1 rings (SSSR count). The summed E-state index contributed by atoms with van der Waals surface area (Å²) in [4.78, 5) is 26.8. The maximum absolute atomic E-state index is 12.6. The molecule has 4 nitrogen and oxygen atoms in total. The van der Waals surface area contributed by atoms with Crippen LogP contribution in [0.4, 0.5) is 0 Å². The van der Waals surface area contributed by atoms with Crippen molar-refractivity contribution in [1.29, 1.82) is 0 Å². The van der Waals surface area contributed by atoms with E-state index in [2.05, 4.69) is 5.32 Å². The molecule has 0 heterocycles. The summed E-state index contributed by atoms with van der Waals surface area (Å²) in [6.45, 7) is 12.1. The van der Waals surface area contributed by atoms with Gasteiger partial charge in [0.25, 0.3) is 0 Å². The van der Waals surface area contributed by atoms with Crippen LogP contribution in [0.3, 0.4) is 0 Å². The van der Waals surface area contributed by atoms with E-state index in [0.717, 1.165) is 11.1 Å². The van der Waals surface area contributed by atoms with E-state index in [4.69, 9.17) is 0 Å². The molecule has 0 radical (unpaired) electrons. The molecular weight excluding hydrogens is 288 g/mol. The van der Waals surface area contributed by atoms with Crippen LogP contribution in [0.1, 0.15) is 58.6 Å². The number of nitrogens with one attached hydrogen (secondary N) is 1. The molecule has 1 atom stereocenters. The minimum atomic E-state index is -0.443. The number of amides is 2. The molecule has 0 unspecified atom stereocenters. The first-order valence-electron chi connectivity index (χ1n) is 8.35. The average molecular weight is 318 g/mol. The zero-order valence-corrected chi connectivity index (χ0v) is 15.3. The molecule has 0 saturated carbocycles. The van der Waals surface area contributed by atoms with Crippen LogP contribution < -0.4 is 5.32 Å². The summed E-state index contributed by atoms with van der Waals surface area (Å²) in [6.07, 6.45) is 0.991. The van der Waals surface area contributed by atoms with E-state index in [9.17, 15) is 9.59 Å². The van der Waals surface area contributed by atoms with Crippen molar-refractivity contribution in [1.82, 2.24) is 10.2 Å². The Bertz CT molecular complexity index is 547. The molecule has 0 aliphatic rings. The van der Waals surface area contributed by atoms with Gasteiger partial charge >= 0.3 is 0 Å². The van der Waals surface area contributed by atoms with Gasteiger partial charge in [0.2, 0.25) is 11.8 Å². The highest BCUT2D eigenvalue weighted by atomic mass is 16.2. The summed E-state index contributed by atoms with van der Waals surface area (Å²) < 4.78 is 0. The number of nitrogens with zero attached hydrogens (tertiary/aromatic N) is 1. The minimum absolute atomic E-state index is 0.00385. The lowest BCUT2D eigenvalue weighted by Gasteiger charge is -2.33. The van der Waals surface area contributed by atoms with E-state index in [1.165, 1.54) is 0 Å². The van der Waals surface area contributed by atoms with Gasteiger partial charge in [0.15, 0.2) is 0 Å². The van der Waals surface area contributed by atoms with Crippen LogP contribution in [-0.4, -0.2) is 28.3 Å². The molecule has 1 aromatic rings. The SMILES string of the molecule is CCC(=O)N(Cc1ccccc1C)[C@H](CC)C(=O)NC(C)(C)C. The quantitative estimate of drug-likeness (QED) is 0.873. The van der Waals surface area contributed by atoms with Gasteiger partial charge in [0.1, 0.15) is 6.04 Å². The zero-order valence-electron chi connectivity index (χ0n) is 15.3. The maximum atomic E-state index is 12.6. The van der Waals surface area contributed by atoms with Crippen molar-refractivity contribution in [3.8, 4) is 0 Å². The molecule has 23 heavy (non-hydrogen) atoms. The standard InChI is InChI=1S/C19H30N2O2/c1-7-16(18(23)20-19(4,5)6)21(17(22)8-2)13-15-12-10-9-11-14(15)3/h9-12,16H,7-8,13H2,1-6H3,(H,20,23)/t16-/m1/s1. The second kappa shape index (κ2) is 8.14.